The molecule has 1 spiro atoms. The van der Waals surface area contributed by atoms with E-state index in [-0.39, 0.29) is 0 Å². The molecule has 3 heteroatoms. The van der Waals surface area contributed by atoms with E-state index >= 15 is 0 Å². The zero-order valence-electron chi connectivity index (χ0n) is 33.6. The summed E-state index contributed by atoms with van der Waals surface area (Å²) < 4.78 is 2.47. The average Bonchev–Trinajstić information content (AvgIpc) is 3.82. The quantitative estimate of drug-likeness (QED) is 0.162. The lowest BCUT2D eigenvalue weighted by atomic mass is 9.65. The molecule has 1 aromatic heterocycles. The van der Waals surface area contributed by atoms with Gasteiger partial charge in [-0.2, -0.15) is 0 Å². The van der Waals surface area contributed by atoms with E-state index in [9.17, 15) is 5.41 Å². The molecule has 0 saturated carbocycles. The molecule has 1 aliphatic heterocycles. The zero-order valence-corrected chi connectivity index (χ0v) is 33.6. The molecule has 0 radical (unpaired) electrons. The highest BCUT2D eigenvalue weighted by molar-refractivity contribution is 6.17. The van der Waals surface area contributed by atoms with E-state index in [2.05, 4.69) is 174 Å². The smallest absolute Gasteiger partial charge is 0.0754 e. The van der Waals surface area contributed by atoms with Crippen LogP contribution in [-0.4, -0.2) is 10.3 Å². The zero-order chi connectivity index (χ0) is 40.7. The summed E-state index contributed by atoms with van der Waals surface area (Å²) in [5.41, 5.74) is 26.9. The van der Waals surface area contributed by atoms with Crippen LogP contribution in [-0.2, 0) is 5.41 Å². The summed E-state index contributed by atoms with van der Waals surface area (Å²) in [6, 6.07) is 66.0. The first-order valence-electron chi connectivity index (χ1n) is 21.2. The minimum atomic E-state index is -0.630. The molecule has 12 rings (SSSR count). The highest BCUT2D eigenvalue weighted by Crippen LogP contribution is 2.62. The molecule has 0 fully saturated rings. The first kappa shape index (κ1) is 35.2. The number of aromatic nitrogens is 1. The van der Waals surface area contributed by atoms with Gasteiger partial charge >= 0.3 is 0 Å². The molecule has 61 heavy (non-hydrogen) atoms. The van der Waals surface area contributed by atoms with Gasteiger partial charge in [0.05, 0.1) is 27.8 Å². The molecule has 0 bridgehead atoms. The Kier molecular flexibility index (Phi) is 7.88. The molecule has 2 heterocycles. The van der Waals surface area contributed by atoms with Gasteiger partial charge in [-0.15, -0.1) is 0 Å². The van der Waals surface area contributed by atoms with Crippen molar-refractivity contribution in [3.8, 4) is 39.1 Å². The lowest BCUT2D eigenvalue weighted by Crippen LogP contribution is -2.33. The Morgan fingerprint density at radius 2 is 1.21 bits per heavy atom. The largest absolute Gasteiger partial charge is 0.398 e. The maximum Gasteiger partial charge on any atom is 0.0754 e. The fourth-order valence-corrected chi connectivity index (χ4v) is 10.6. The van der Waals surface area contributed by atoms with E-state index in [1.54, 1.807) is 0 Å². The Morgan fingerprint density at radius 1 is 0.574 bits per heavy atom. The maximum atomic E-state index is 9.70. The Bertz CT molecular complexity index is 3360. The van der Waals surface area contributed by atoms with Crippen molar-refractivity contribution in [1.82, 2.24) is 4.57 Å². The van der Waals surface area contributed by atoms with Gasteiger partial charge in [0, 0.05) is 22.0 Å². The molecule has 3 nitrogen and oxygen atoms in total. The molecule has 3 N–H and O–H groups in total. The van der Waals surface area contributed by atoms with Gasteiger partial charge in [-0.1, -0.05) is 182 Å². The van der Waals surface area contributed by atoms with Crippen molar-refractivity contribution < 1.29 is 0 Å². The average molecular weight is 780 g/mol. The van der Waals surface area contributed by atoms with Gasteiger partial charge in [0.2, 0.25) is 0 Å². The molecule has 1 atom stereocenters. The van der Waals surface area contributed by atoms with E-state index < -0.39 is 5.41 Å². The SMILES string of the molecule is N=C(/C=C(\N)c1ccccc1)c1cccc2c1-c1cc(-c3ccc(-c4ccc(C5=CC=CCC5)cc4)cc3)ccc1C21c2ccccc2-n2c3ccccc3c3cccc1c32. The summed E-state index contributed by atoms with van der Waals surface area (Å²) in [5.74, 6) is 0. The lowest BCUT2D eigenvalue weighted by molar-refractivity contribution is 0.748. The number of hydrogen-bond acceptors (Lipinski definition) is 2. The van der Waals surface area contributed by atoms with E-state index in [4.69, 9.17) is 5.73 Å². The van der Waals surface area contributed by atoms with Crippen LogP contribution < -0.4 is 5.73 Å². The summed E-state index contributed by atoms with van der Waals surface area (Å²) in [6.07, 6.45) is 10.6. The number of fused-ring (bicyclic) bond motifs is 12. The first-order chi connectivity index (χ1) is 30.1. The lowest BCUT2D eigenvalue weighted by Gasteiger charge is -2.39. The third-order valence-corrected chi connectivity index (χ3v) is 13.3. The highest BCUT2D eigenvalue weighted by Gasteiger charge is 2.51. The number of nitrogens with one attached hydrogen (secondary N) is 1. The number of benzene rings is 8. The van der Waals surface area contributed by atoms with E-state index in [1.165, 1.54) is 72.0 Å². The summed E-state index contributed by atoms with van der Waals surface area (Å²) in [6.45, 7) is 0. The van der Waals surface area contributed by atoms with Crippen LogP contribution in [0.4, 0.5) is 0 Å². The van der Waals surface area contributed by atoms with Gasteiger partial charge in [-0.25, -0.2) is 0 Å². The molecule has 0 saturated heterocycles. The van der Waals surface area contributed by atoms with Crippen molar-refractivity contribution in [1.29, 1.82) is 5.41 Å². The third-order valence-electron chi connectivity index (χ3n) is 13.3. The molecule has 3 aliphatic rings. The Balaban J connectivity index is 1.06. The predicted molar refractivity (Wildman–Crippen MR) is 254 cm³/mol. The Morgan fingerprint density at radius 3 is 2.00 bits per heavy atom. The van der Waals surface area contributed by atoms with E-state index in [1.807, 2.05) is 36.4 Å². The van der Waals surface area contributed by atoms with Crippen LogP contribution in [0.1, 0.15) is 51.8 Å². The minimum absolute atomic E-state index is 0.384. The third kappa shape index (κ3) is 5.20. The Labute approximate surface area is 355 Å². The van der Waals surface area contributed by atoms with Crippen molar-refractivity contribution in [2.45, 2.75) is 18.3 Å². The molecular formula is C58H41N3. The molecular weight excluding hydrogens is 739 g/mol. The van der Waals surface area contributed by atoms with Crippen molar-refractivity contribution in [3.05, 3.63) is 245 Å². The molecule has 0 amide bonds. The van der Waals surface area contributed by atoms with Crippen LogP contribution in [0.3, 0.4) is 0 Å². The number of nitrogens with two attached hydrogens (primary N) is 1. The summed E-state index contributed by atoms with van der Waals surface area (Å²) >= 11 is 0. The summed E-state index contributed by atoms with van der Waals surface area (Å²) in [7, 11) is 0. The van der Waals surface area contributed by atoms with Gasteiger partial charge in [0.15, 0.2) is 0 Å². The topological polar surface area (TPSA) is 54.8 Å². The van der Waals surface area contributed by atoms with Crippen LogP contribution in [0.15, 0.2) is 206 Å². The highest BCUT2D eigenvalue weighted by atomic mass is 15.0. The molecule has 288 valence electrons. The Hall–Kier alpha value is -7.75. The fourth-order valence-electron chi connectivity index (χ4n) is 10.6. The normalized spacial score (nSPS) is 16.1. The van der Waals surface area contributed by atoms with E-state index in [0.29, 0.717) is 11.4 Å². The molecule has 8 aromatic carbocycles. The van der Waals surface area contributed by atoms with Crippen molar-refractivity contribution in [3.63, 3.8) is 0 Å². The molecule has 2 aliphatic carbocycles. The van der Waals surface area contributed by atoms with Gasteiger partial charge in [0.25, 0.3) is 0 Å². The first-order valence-corrected chi connectivity index (χ1v) is 21.2. The van der Waals surface area contributed by atoms with Gasteiger partial charge in [0.1, 0.15) is 0 Å². The number of rotatable bonds is 6. The summed E-state index contributed by atoms with van der Waals surface area (Å²) in [4.78, 5) is 0. The number of hydrogen-bond donors (Lipinski definition) is 2. The maximum absolute atomic E-state index is 9.70. The molecule has 9 aromatic rings. The second-order valence-electron chi connectivity index (χ2n) is 16.5. The van der Waals surface area contributed by atoms with Gasteiger partial charge in [-0.3, -0.25) is 0 Å². The second-order valence-corrected chi connectivity index (χ2v) is 16.5. The fraction of sp³-hybridized carbons (Fsp3) is 0.0517. The second kappa shape index (κ2) is 13.7. The van der Waals surface area contributed by atoms with Crippen molar-refractivity contribution in [2.75, 3.05) is 0 Å². The van der Waals surface area contributed by atoms with Crippen LogP contribution in [0.25, 0.3) is 72.1 Å². The number of nitrogens with zero attached hydrogens (tertiary/aromatic N) is 1. The van der Waals surface area contributed by atoms with Gasteiger partial charge in [-0.05, 0) is 109 Å². The standard InChI is InChI=1S/C58H41N3/c59-52(42-15-5-2-6-16-42)36-53(60)46-19-12-21-50-56(46)47-35-43(41-31-29-40(30-32-41)39-27-25-38(26-28-39)37-13-3-1-4-14-37)33-34-48(47)58(50)49-20-8-10-24-55(49)61-54-23-9-7-17-44(54)45-18-11-22-51(58)57(45)61/h1-3,5-13,15-36,60H,4,14,59H2/b52-36-,60-53?. The minimum Gasteiger partial charge on any atom is -0.398 e. The number of allylic oxidation sites excluding steroid dienone is 5. The van der Waals surface area contributed by atoms with Crippen LogP contribution >= 0.6 is 0 Å². The van der Waals surface area contributed by atoms with Crippen LogP contribution in [0.5, 0.6) is 0 Å². The number of para-hydroxylation sites is 3. The summed E-state index contributed by atoms with van der Waals surface area (Å²) in [5, 5.41) is 12.2. The predicted octanol–water partition coefficient (Wildman–Crippen LogP) is 13.9. The van der Waals surface area contributed by atoms with Crippen molar-refractivity contribution in [2.24, 2.45) is 5.73 Å². The van der Waals surface area contributed by atoms with Crippen LogP contribution in [0, 0.1) is 5.41 Å². The molecule has 1 unspecified atom stereocenters. The van der Waals surface area contributed by atoms with Crippen LogP contribution in [0.2, 0.25) is 0 Å². The van der Waals surface area contributed by atoms with Gasteiger partial charge < -0.3 is 15.7 Å². The van der Waals surface area contributed by atoms with E-state index in [0.717, 1.165) is 46.2 Å². The van der Waals surface area contributed by atoms with Crippen molar-refractivity contribution >= 4 is 38.8 Å². The monoisotopic (exact) mass is 779 g/mol.